The van der Waals surface area contributed by atoms with E-state index < -0.39 is 0 Å². The van der Waals surface area contributed by atoms with E-state index in [1.807, 2.05) is 38.2 Å². The van der Waals surface area contributed by atoms with Gasteiger partial charge in [-0.3, -0.25) is 0 Å². The molecule has 23 heavy (non-hydrogen) atoms. The quantitative estimate of drug-likeness (QED) is 0.444. The van der Waals surface area contributed by atoms with Gasteiger partial charge in [0, 0.05) is 27.5 Å². The van der Waals surface area contributed by atoms with Gasteiger partial charge in [-0.15, -0.1) is 6.58 Å². The van der Waals surface area contributed by atoms with Gasteiger partial charge in [0.1, 0.15) is 0 Å². The fourth-order valence-corrected chi connectivity index (χ4v) is 2.55. The van der Waals surface area contributed by atoms with Crippen LogP contribution in [-0.4, -0.2) is 4.98 Å². The van der Waals surface area contributed by atoms with Crippen LogP contribution in [0.3, 0.4) is 0 Å². The minimum atomic E-state index is 0.397. The molecule has 124 valence electrons. The third-order valence-corrected chi connectivity index (χ3v) is 3.80. The molecule has 0 radical (unpaired) electrons. The van der Waals surface area contributed by atoms with E-state index in [0.29, 0.717) is 5.92 Å². The van der Waals surface area contributed by atoms with Gasteiger partial charge in [0.15, 0.2) is 0 Å². The minimum Gasteiger partial charge on any atom is -0.358 e. The topological polar surface area (TPSA) is 15.8 Å². The van der Waals surface area contributed by atoms with Gasteiger partial charge in [0.25, 0.3) is 0 Å². The lowest BCUT2D eigenvalue weighted by Crippen LogP contribution is -1.94. The number of halogens is 1. The third kappa shape index (κ3) is 5.76. The standard InChI is InChI=1S/C15H19N.C6H9Cl/c1-4-8-13-12-9-6-7-10-14(12)16-15(13)11(3)5-2;1-3-4-5-6(2)7/h5-7,9-11,16H,2,4,8H2,1,3H3;3-5H,1-2H3/b;4-3-,6-5+. The molecule has 0 saturated heterocycles. The number of H-pyrrole nitrogens is 1. The van der Waals surface area contributed by atoms with Crippen LogP contribution in [0, 0.1) is 0 Å². The number of hydrogen-bond donors (Lipinski definition) is 1. The molecule has 2 rings (SSSR count). The normalized spacial score (nSPS) is 13.0. The van der Waals surface area contributed by atoms with Crippen LogP contribution in [0.2, 0.25) is 0 Å². The molecule has 1 unspecified atom stereocenters. The van der Waals surface area contributed by atoms with Crippen molar-refractivity contribution < 1.29 is 0 Å². The second-order valence-corrected chi connectivity index (χ2v) is 6.21. The van der Waals surface area contributed by atoms with Crippen molar-refractivity contribution in [1.29, 1.82) is 0 Å². The summed E-state index contributed by atoms with van der Waals surface area (Å²) >= 11 is 5.47. The molecule has 0 aliphatic heterocycles. The van der Waals surface area contributed by atoms with Gasteiger partial charge >= 0.3 is 0 Å². The van der Waals surface area contributed by atoms with E-state index in [2.05, 4.69) is 49.7 Å². The van der Waals surface area contributed by atoms with Gasteiger partial charge in [-0.25, -0.2) is 0 Å². The molecule has 1 aromatic heterocycles. The van der Waals surface area contributed by atoms with Crippen LogP contribution >= 0.6 is 11.6 Å². The van der Waals surface area contributed by atoms with Crippen LogP contribution in [0.15, 0.2) is 60.2 Å². The monoisotopic (exact) mass is 329 g/mol. The molecule has 1 N–H and O–H groups in total. The first-order valence-corrected chi connectivity index (χ1v) is 8.60. The Morgan fingerprint density at radius 1 is 1.35 bits per heavy atom. The zero-order valence-corrected chi connectivity index (χ0v) is 15.5. The number of allylic oxidation sites excluding steroid dienone is 5. The van der Waals surface area contributed by atoms with Crippen molar-refractivity contribution >= 4 is 22.5 Å². The maximum atomic E-state index is 5.47. The summed E-state index contributed by atoms with van der Waals surface area (Å²) in [5, 5.41) is 2.19. The number of para-hydroxylation sites is 1. The summed E-state index contributed by atoms with van der Waals surface area (Å²) in [5.74, 6) is 0.397. The summed E-state index contributed by atoms with van der Waals surface area (Å²) < 4.78 is 0. The maximum Gasteiger partial charge on any atom is 0.0459 e. The molecule has 0 spiro atoms. The molecule has 1 nitrogen and oxygen atoms in total. The number of hydrogen-bond acceptors (Lipinski definition) is 0. The predicted octanol–water partition coefficient (Wildman–Crippen LogP) is 7.12. The Hall–Kier alpha value is -1.73. The number of aryl methyl sites for hydroxylation is 1. The van der Waals surface area contributed by atoms with Crippen LogP contribution < -0.4 is 0 Å². The summed E-state index contributed by atoms with van der Waals surface area (Å²) in [6.45, 7) is 12.1. The molecule has 0 amide bonds. The summed E-state index contributed by atoms with van der Waals surface area (Å²) in [6, 6.07) is 8.54. The first-order chi connectivity index (χ1) is 11.0. The summed E-state index contributed by atoms with van der Waals surface area (Å²) in [6.07, 6.45) is 10.0. The molecule has 0 bridgehead atoms. The number of nitrogens with one attached hydrogen (secondary N) is 1. The second kappa shape index (κ2) is 10.1. The lowest BCUT2D eigenvalue weighted by atomic mass is 9.99. The minimum absolute atomic E-state index is 0.397. The van der Waals surface area contributed by atoms with E-state index in [0.717, 1.165) is 11.5 Å². The Labute approximate surface area is 145 Å². The first kappa shape index (κ1) is 19.3. The van der Waals surface area contributed by atoms with Gasteiger partial charge in [-0.2, -0.15) is 0 Å². The highest BCUT2D eigenvalue weighted by Crippen LogP contribution is 2.29. The maximum absolute atomic E-state index is 5.47. The van der Waals surface area contributed by atoms with Gasteiger partial charge in [0.05, 0.1) is 0 Å². The van der Waals surface area contributed by atoms with Gasteiger partial charge in [-0.05, 0) is 38.0 Å². The molecule has 2 heteroatoms. The van der Waals surface area contributed by atoms with Crippen LogP contribution in [0.25, 0.3) is 10.9 Å². The Morgan fingerprint density at radius 2 is 2.04 bits per heavy atom. The molecule has 0 aliphatic carbocycles. The Balaban J connectivity index is 0.000000322. The highest BCUT2D eigenvalue weighted by atomic mass is 35.5. The average Bonchev–Trinajstić information content (AvgIpc) is 2.92. The fraction of sp³-hybridized carbons (Fsp3) is 0.333. The number of aromatic amines is 1. The van der Waals surface area contributed by atoms with Crippen molar-refractivity contribution in [3.05, 3.63) is 71.4 Å². The molecule has 0 fully saturated rings. The molecule has 1 aromatic carbocycles. The van der Waals surface area contributed by atoms with Crippen molar-refractivity contribution in [3.63, 3.8) is 0 Å². The smallest absolute Gasteiger partial charge is 0.0459 e. The molecule has 0 aliphatic rings. The number of rotatable bonds is 5. The summed E-state index contributed by atoms with van der Waals surface area (Å²) in [4.78, 5) is 3.53. The van der Waals surface area contributed by atoms with E-state index in [4.69, 9.17) is 11.6 Å². The van der Waals surface area contributed by atoms with Crippen LogP contribution in [0.1, 0.15) is 51.3 Å². The zero-order chi connectivity index (χ0) is 17.2. The molecule has 0 saturated carbocycles. The van der Waals surface area contributed by atoms with Crippen LogP contribution in [-0.2, 0) is 6.42 Å². The van der Waals surface area contributed by atoms with E-state index in [1.165, 1.54) is 28.6 Å². The molecule has 1 heterocycles. The lowest BCUT2D eigenvalue weighted by molar-refractivity contribution is 0.859. The van der Waals surface area contributed by atoms with E-state index in [9.17, 15) is 0 Å². The van der Waals surface area contributed by atoms with Crippen molar-refractivity contribution in [3.8, 4) is 0 Å². The van der Waals surface area contributed by atoms with E-state index in [-0.39, 0.29) is 0 Å². The number of aromatic nitrogens is 1. The molecule has 2 aromatic rings. The van der Waals surface area contributed by atoms with Gasteiger partial charge in [-0.1, -0.05) is 68.3 Å². The SMILES string of the molecule is C/C=C\C=C(/C)Cl.C=CC(C)c1[nH]c2ccccc2c1CCC. The molecular weight excluding hydrogens is 302 g/mol. The van der Waals surface area contributed by atoms with E-state index in [1.54, 1.807) is 0 Å². The van der Waals surface area contributed by atoms with Gasteiger partial charge in [0.2, 0.25) is 0 Å². The largest absolute Gasteiger partial charge is 0.358 e. The Bertz CT molecular complexity index is 672. The molecular formula is C21H28ClN. The van der Waals surface area contributed by atoms with Crippen molar-refractivity contribution in [2.24, 2.45) is 0 Å². The summed E-state index contributed by atoms with van der Waals surface area (Å²) in [7, 11) is 0. The molecule has 1 atom stereocenters. The lowest BCUT2D eigenvalue weighted by Gasteiger charge is -2.07. The fourth-order valence-electron chi connectivity index (χ4n) is 2.48. The second-order valence-electron chi connectivity index (χ2n) is 5.62. The number of benzene rings is 1. The zero-order valence-electron chi connectivity index (χ0n) is 14.7. The van der Waals surface area contributed by atoms with E-state index >= 15 is 0 Å². The third-order valence-electron chi connectivity index (χ3n) is 3.67. The Morgan fingerprint density at radius 3 is 2.57 bits per heavy atom. The van der Waals surface area contributed by atoms with Gasteiger partial charge < -0.3 is 4.98 Å². The first-order valence-electron chi connectivity index (χ1n) is 8.22. The van der Waals surface area contributed by atoms with Crippen LogP contribution in [0.4, 0.5) is 0 Å². The van der Waals surface area contributed by atoms with Crippen LogP contribution in [0.5, 0.6) is 0 Å². The highest BCUT2D eigenvalue weighted by molar-refractivity contribution is 6.29. The summed E-state index contributed by atoms with van der Waals surface area (Å²) in [5.41, 5.74) is 4.04. The van der Waals surface area contributed by atoms with Crippen molar-refractivity contribution in [1.82, 2.24) is 4.98 Å². The average molecular weight is 330 g/mol. The number of fused-ring (bicyclic) bond motifs is 1. The van der Waals surface area contributed by atoms with Crippen molar-refractivity contribution in [2.75, 3.05) is 0 Å². The predicted molar refractivity (Wildman–Crippen MR) is 105 cm³/mol. The van der Waals surface area contributed by atoms with Crippen molar-refractivity contribution in [2.45, 2.75) is 46.5 Å². The highest BCUT2D eigenvalue weighted by Gasteiger charge is 2.13. The Kier molecular flexibility index (Phi) is 8.50.